The number of carbonyl (C=O) groups is 2. The van der Waals surface area contributed by atoms with E-state index in [2.05, 4.69) is 5.32 Å². The van der Waals surface area contributed by atoms with Crippen LogP contribution in [0.4, 0.5) is 4.39 Å². The number of rotatable bonds is 10. The fraction of sp³-hybridized carbons (Fsp3) is 0.286. The van der Waals surface area contributed by atoms with E-state index >= 15 is 0 Å². The first-order chi connectivity index (χ1) is 16.7. The summed E-state index contributed by atoms with van der Waals surface area (Å²) in [6.07, 6.45) is 0.0386. The Bertz CT molecular complexity index is 1130. The minimum Gasteiger partial charge on any atom is -0.354 e. The van der Waals surface area contributed by atoms with Crippen molar-refractivity contribution in [2.24, 2.45) is 5.92 Å². The highest BCUT2D eigenvalue weighted by Crippen LogP contribution is 2.23. The van der Waals surface area contributed by atoms with Gasteiger partial charge in [0.05, 0.1) is 6.42 Å². The molecule has 2 amide bonds. The molecule has 0 aromatic heterocycles. The van der Waals surface area contributed by atoms with Crippen LogP contribution in [-0.4, -0.2) is 29.3 Å². The summed E-state index contributed by atoms with van der Waals surface area (Å²) in [5, 5.41) is 3.66. The molecule has 35 heavy (non-hydrogen) atoms. The number of nitrogens with zero attached hydrogens (tertiary/aromatic N) is 1. The first-order valence-corrected chi connectivity index (χ1v) is 12.3. The van der Waals surface area contributed by atoms with E-state index in [0.717, 1.165) is 11.1 Å². The third-order valence-corrected chi connectivity index (χ3v) is 6.18. The van der Waals surface area contributed by atoms with Crippen molar-refractivity contribution in [2.75, 3.05) is 6.54 Å². The lowest BCUT2D eigenvalue weighted by atomic mass is 10.0. The highest BCUT2D eigenvalue weighted by molar-refractivity contribution is 6.31. The topological polar surface area (TPSA) is 49.4 Å². The van der Waals surface area contributed by atoms with Crippen molar-refractivity contribution < 1.29 is 14.0 Å². The smallest absolute Gasteiger partial charge is 0.243 e. The van der Waals surface area contributed by atoms with Crippen LogP contribution in [0.3, 0.4) is 0 Å². The van der Waals surface area contributed by atoms with Gasteiger partial charge in [-0.1, -0.05) is 85.6 Å². The van der Waals surface area contributed by atoms with E-state index in [-0.39, 0.29) is 35.4 Å². The molecule has 3 rings (SSSR count). The molecule has 4 nitrogen and oxygen atoms in total. The van der Waals surface area contributed by atoms with Crippen molar-refractivity contribution in [3.05, 3.63) is 105 Å². The molecule has 0 spiro atoms. The number of hydrogen-bond acceptors (Lipinski definition) is 2. The van der Waals surface area contributed by atoms with Gasteiger partial charge in [0.1, 0.15) is 11.9 Å². The van der Waals surface area contributed by atoms with E-state index < -0.39 is 17.8 Å². The predicted octanol–water partition coefficient (Wildman–Crippen LogP) is 6.09. The molecule has 3 aromatic rings. The molecule has 0 unspecified atom stereocenters. The highest BCUT2D eigenvalue weighted by atomic mass is 35.5. The summed E-state index contributed by atoms with van der Waals surface area (Å²) in [5.74, 6) is -0.988. The zero-order chi connectivity index (χ0) is 25.4. The SMILES string of the molecule is CC(C)CNC(=O)[C@H](Cc1ccccc1)N(Cc1cccc(Cl)c1)C(=O)Cc1c(F)cccc1Cl. The number of halogens is 3. The maximum Gasteiger partial charge on any atom is 0.243 e. The van der Waals surface area contributed by atoms with Crippen molar-refractivity contribution in [2.45, 2.75) is 39.3 Å². The lowest BCUT2D eigenvalue weighted by Gasteiger charge is -2.32. The molecule has 0 bridgehead atoms. The normalized spacial score (nSPS) is 11.8. The minimum atomic E-state index is -0.812. The van der Waals surface area contributed by atoms with Gasteiger partial charge in [-0.3, -0.25) is 9.59 Å². The minimum absolute atomic E-state index is 0.108. The maximum absolute atomic E-state index is 14.5. The molecular formula is C28H29Cl2FN2O2. The zero-order valence-electron chi connectivity index (χ0n) is 19.8. The van der Waals surface area contributed by atoms with Gasteiger partial charge in [-0.25, -0.2) is 4.39 Å². The summed E-state index contributed by atoms with van der Waals surface area (Å²) >= 11 is 12.4. The Morgan fingerprint density at radius 2 is 1.63 bits per heavy atom. The van der Waals surface area contributed by atoms with Crippen LogP contribution in [-0.2, 0) is 29.0 Å². The number of nitrogens with one attached hydrogen (secondary N) is 1. The summed E-state index contributed by atoms with van der Waals surface area (Å²) in [4.78, 5) is 28.6. The average molecular weight is 515 g/mol. The number of amides is 2. The summed E-state index contributed by atoms with van der Waals surface area (Å²) in [6.45, 7) is 4.61. The van der Waals surface area contributed by atoms with Crippen molar-refractivity contribution in [1.82, 2.24) is 10.2 Å². The molecule has 0 heterocycles. The van der Waals surface area contributed by atoms with Crippen LogP contribution in [0.15, 0.2) is 72.8 Å². The maximum atomic E-state index is 14.5. The van der Waals surface area contributed by atoms with E-state index in [1.165, 1.54) is 17.0 Å². The Balaban J connectivity index is 2.00. The molecule has 0 saturated heterocycles. The van der Waals surface area contributed by atoms with E-state index in [4.69, 9.17) is 23.2 Å². The van der Waals surface area contributed by atoms with Crippen molar-refractivity contribution in [1.29, 1.82) is 0 Å². The molecule has 184 valence electrons. The quantitative estimate of drug-likeness (QED) is 0.356. The largest absolute Gasteiger partial charge is 0.354 e. The predicted molar refractivity (Wildman–Crippen MR) is 139 cm³/mol. The van der Waals surface area contributed by atoms with Crippen LogP contribution in [0.2, 0.25) is 10.0 Å². The Kier molecular flexibility index (Phi) is 9.70. The Labute approximate surface area is 216 Å². The van der Waals surface area contributed by atoms with Crippen LogP contribution < -0.4 is 5.32 Å². The molecule has 3 aromatic carbocycles. The van der Waals surface area contributed by atoms with E-state index in [0.29, 0.717) is 18.0 Å². The summed E-state index contributed by atoms with van der Waals surface area (Å²) in [5.41, 5.74) is 1.78. The monoisotopic (exact) mass is 514 g/mol. The summed E-state index contributed by atoms with van der Waals surface area (Å²) < 4.78 is 14.5. The Morgan fingerprint density at radius 3 is 2.29 bits per heavy atom. The van der Waals surface area contributed by atoms with Crippen LogP contribution in [0.25, 0.3) is 0 Å². The molecule has 0 aliphatic rings. The second-order valence-electron chi connectivity index (χ2n) is 8.87. The van der Waals surface area contributed by atoms with E-state index in [1.54, 1.807) is 24.3 Å². The van der Waals surface area contributed by atoms with Crippen LogP contribution in [0, 0.1) is 11.7 Å². The van der Waals surface area contributed by atoms with Crippen LogP contribution in [0.1, 0.15) is 30.5 Å². The zero-order valence-corrected chi connectivity index (χ0v) is 21.3. The van der Waals surface area contributed by atoms with Gasteiger partial charge in [0.2, 0.25) is 11.8 Å². The molecule has 0 aliphatic heterocycles. The van der Waals surface area contributed by atoms with Gasteiger partial charge < -0.3 is 10.2 Å². The number of carbonyl (C=O) groups excluding carboxylic acids is 2. The number of hydrogen-bond donors (Lipinski definition) is 1. The Morgan fingerprint density at radius 1 is 0.943 bits per heavy atom. The van der Waals surface area contributed by atoms with Gasteiger partial charge in [0.15, 0.2) is 0 Å². The third kappa shape index (κ3) is 7.81. The second-order valence-corrected chi connectivity index (χ2v) is 9.72. The van der Waals surface area contributed by atoms with E-state index in [9.17, 15) is 14.0 Å². The molecule has 1 N–H and O–H groups in total. The van der Waals surface area contributed by atoms with Gasteiger partial charge in [0, 0.05) is 35.1 Å². The molecule has 7 heteroatoms. The molecule has 0 radical (unpaired) electrons. The van der Waals surface area contributed by atoms with Crippen LogP contribution in [0.5, 0.6) is 0 Å². The van der Waals surface area contributed by atoms with Crippen molar-refractivity contribution in [3.63, 3.8) is 0 Å². The molecule has 0 saturated carbocycles. The van der Waals surface area contributed by atoms with Gasteiger partial charge in [-0.2, -0.15) is 0 Å². The molecule has 0 aliphatic carbocycles. The van der Waals surface area contributed by atoms with Gasteiger partial charge >= 0.3 is 0 Å². The standard InChI is InChI=1S/C28H29Cl2FN2O2/c1-19(2)17-32-28(35)26(15-20-8-4-3-5-9-20)33(18-21-10-6-11-22(29)14-21)27(34)16-23-24(30)12-7-13-25(23)31/h3-14,19,26H,15-18H2,1-2H3,(H,32,35)/t26-/m0/s1. The fourth-order valence-corrected chi connectivity index (χ4v) is 4.21. The van der Waals surface area contributed by atoms with Crippen molar-refractivity contribution in [3.8, 4) is 0 Å². The highest BCUT2D eigenvalue weighted by Gasteiger charge is 2.31. The van der Waals surface area contributed by atoms with Crippen molar-refractivity contribution >= 4 is 35.0 Å². The van der Waals surface area contributed by atoms with E-state index in [1.807, 2.05) is 50.2 Å². The second kappa shape index (κ2) is 12.7. The summed E-state index contributed by atoms with van der Waals surface area (Å²) in [6, 6.07) is 20.1. The summed E-state index contributed by atoms with van der Waals surface area (Å²) in [7, 11) is 0. The van der Waals surface area contributed by atoms with Gasteiger partial charge in [-0.15, -0.1) is 0 Å². The fourth-order valence-electron chi connectivity index (χ4n) is 3.76. The molecular weight excluding hydrogens is 486 g/mol. The number of benzene rings is 3. The van der Waals surface area contributed by atoms with Crippen LogP contribution >= 0.6 is 23.2 Å². The van der Waals surface area contributed by atoms with Gasteiger partial charge in [-0.05, 0) is 41.3 Å². The third-order valence-electron chi connectivity index (χ3n) is 5.59. The first-order valence-electron chi connectivity index (χ1n) is 11.5. The van der Waals surface area contributed by atoms with Gasteiger partial charge in [0.25, 0.3) is 0 Å². The lowest BCUT2D eigenvalue weighted by molar-refractivity contribution is -0.140. The first kappa shape index (κ1) is 26.7. The lowest BCUT2D eigenvalue weighted by Crippen LogP contribution is -2.51. The molecule has 0 fully saturated rings. The average Bonchev–Trinajstić information content (AvgIpc) is 2.82. The Hall–Kier alpha value is -2.89. The molecule has 1 atom stereocenters.